The quantitative estimate of drug-likeness (QED) is 0.0608. The number of halogens is 1. The second kappa shape index (κ2) is 14.9. The summed E-state index contributed by atoms with van der Waals surface area (Å²) in [4.78, 5) is 104. The SMILES string of the molecule is Cn1cnc2c1c(=O)n(CC(=O)OCCCOC(=O)c1cccnc1C(=O)C(OCCCBr)n1c(=O)c3c(ncn3C)n(C)c1=O)c(=O)n2C. The van der Waals surface area contributed by atoms with Gasteiger partial charge in [0.25, 0.3) is 11.1 Å². The van der Waals surface area contributed by atoms with Crippen molar-refractivity contribution in [1.29, 1.82) is 0 Å². The number of fused-ring (bicyclic) bond motifs is 2. The van der Waals surface area contributed by atoms with Crippen molar-refractivity contribution in [1.82, 2.24) is 42.4 Å². The first kappa shape index (κ1) is 35.8. The molecule has 0 bridgehead atoms. The van der Waals surface area contributed by atoms with Gasteiger partial charge in [-0.2, -0.15) is 0 Å². The van der Waals surface area contributed by atoms with E-state index in [4.69, 9.17) is 14.2 Å². The molecule has 1 unspecified atom stereocenters. The summed E-state index contributed by atoms with van der Waals surface area (Å²) in [7, 11) is 5.97. The number of Topliss-reactive ketones (excluding diaryl/α,β-unsaturated/α-hetero) is 1. The highest BCUT2D eigenvalue weighted by Crippen LogP contribution is 2.18. The fourth-order valence-corrected chi connectivity index (χ4v) is 5.40. The Morgan fingerprint density at radius 3 is 2.08 bits per heavy atom. The molecule has 19 nitrogen and oxygen atoms in total. The molecule has 264 valence electrons. The molecule has 0 saturated heterocycles. The Balaban J connectivity index is 1.27. The van der Waals surface area contributed by atoms with Crippen LogP contribution in [0.4, 0.5) is 0 Å². The lowest BCUT2D eigenvalue weighted by Crippen LogP contribution is -2.45. The highest BCUT2D eigenvalue weighted by molar-refractivity contribution is 9.09. The van der Waals surface area contributed by atoms with Crippen LogP contribution in [0.25, 0.3) is 22.3 Å². The van der Waals surface area contributed by atoms with Gasteiger partial charge in [-0.15, -0.1) is 0 Å². The molecule has 0 aliphatic heterocycles. The second-order valence-electron chi connectivity index (χ2n) is 11.0. The summed E-state index contributed by atoms with van der Waals surface area (Å²) in [6.07, 6.45) is 2.69. The Morgan fingerprint density at radius 1 is 0.800 bits per heavy atom. The van der Waals surface area contributed by atoms with Crippen molar-refractivity contribution < 1.29 is 28.6 Å². The van der Waals surface area contributed by atoms with Crippen molar-refractivity contribution in [2.45, 2.75) is 25.6 Å². The van der Waals surface area contributed by atoms with Gasteiger partial charge in [0.05, 0.1) is 38.0 Å². The van der Waals surface area contributed by atoms with Crippen molar-refractivity contribution in [2.24, 2.45) is 28.2 Å². The number of pyridine rings is 1. The van der Waals surface area contributed by atoms with Gasteiger partial charge in [0, 0.05) is 46.1 Å². The zero-order valence-electron chi connectivity index (χ0n) is 27.4. The molecule has 0 amide bonds. The predicted octanol–water partition coefficient (Wildman–Crippen LogP) is -0.451. The van der Waals surface area contributed by atoms with Crippen LogP contribution in [0.1, 0.15) is 39.9 Å². The number of rotatable bonds is 14. The zero-order valence-corrected chi connectivity index (χ0v) is 29.0. The number of alkyl halides is 1. The van der Waals surface area contributed by atoms with E-state index in [0.29, 0.717) is 16.3 Å². The van der Waals surface area contributed by atoms with Gasteiger partial charge >= 0.3 is 23.3 Å². The van der Waals surface area contributed by atoms with Gasteiger partial charge in [0.15, 0.2) is 22.3 Å². The summed E-state index contributed by atoms with van der Waals surface area (Å²) in [6, 6.07) is 2.69. The molecule has 0 spiro atoms. The fraction of sp³-hybridized carbons (Fsp3) is 0.400. The molecule has 0 N–H and O–H groups in total. The number of ether oxygens (including phenoxy) is 3. The van der Waals surface area contributed by atoms with E-state index in [9.17, 15) is 33.6 Å². The highest BCUT2D eigenvalue weighted by Gasteiger charge is 2.32. The number of esters is 2. The van der Waals surface area contributed by atoms with Gasteiger partial charge in [0.2, 0.25) is 12.0 Å². The maximum absolute atomic E-state index is 13.9. The first-order chi connectivity index (χ1) is 23.9. The Kier molecular flexibility index (Phi) is 10.7. The third-order valence-corrected chi connectivity index (χ3v) is 8.26. The summed E-state index contributed by atoms with van der Waals surface area (Å²) >= 11 is 3.28. The van der Waals surface area contributed by atoms with Gasteiger partial charge < -0.3 is 23.3 Å². The van der Waals surface area contributed by atoms with Crippen LogP contribution >= 0.6 is 15.9 Å². The van der Waals surface area contributed by atoms with Gasteiger partial charge in [-0.3, -0.25) is 33.3 Å². The van der Waals surface area contributed by atoms with E-state index in [0.717, 1.165) is 13.7 Å². The molecule has 0 aliphatic carbocycles. The topological polar surface area (TPSA) is 215 Å². The molecule has 5 aromatic rings. The Hall–Kier alpha value is -5.50. The number of ketones is 1. The molecule has 0 fully saturated rings. The molecule has 50 heavy (non-hydrogen) atoms. The van der Waals surface area contributed by atoms with Crippen molar-refractivity contribution in [2.75, 3.05) is 25.2 Å². The van der Waals surface area contributed by atoms with Crippen LogP contribution in [-0.2, 0) is 53.7 Å². The number of hydrogen-bond donors (Lipinski definition) is 0. The number of carbonyl (C=O) groups excluding carboxylic acids is 3. The number of imidazole rings is 2. The van der Waals surface area contributed by atoms with Crippen LogP contribution in [0, 0.1) is 0 Å². The molecule has 0 aliphatic rings. The summed E-state index contributed by atoms with van der Waals surface area (Å²) < 4.78 is 22.7. The molecule has 20 heteroatoms. The van der Waals surface area contributed by atoms with E-state index in [2.05, 4.69) is 30.9 Å². The average Bonchev–Trinajstić information content (AvgIpc) is 3.69. The number of aryl methyl sites for hydroxylation is 4. The largest absolute Gasteiger partial charge is 0.464 e. The summed E-state index contributed by atoms with van der Waals surface area (Å²) in [5.74, 6) is -2.75. The molecule has 1 atom stereocenters. The first-order valence-corrected chi connectivity index (χ1v) is 16.2. The molecule has 5 rings (SSSR count). The number of aromatic nitrogens is 9. The van der Waals surface area contributed by atoms with Crippen molar-refractivity contribution in [3.63, 3.8) is 0 Å². The number of nitrogens with zero attached hydrogens (tertiary/aromatic N) is 9. The molecule has 0 radical (unpaired) electrons. The molecular formula is C30H32BrN9O10. The number of carbonyl (C=O) groups is 3. The first-order valence-electron chi connectivity index (χ1n) is 15.1. The molecular weight excluding hydrogens is 726 g/mol. The fourth-order valence-electron chi connectivity index (χ4n) is 5.17. The average molecular weight is 759 g/mol. The monoisotopic (exact) mass is 757 g/mol. The van der Waals surface area contributed by atoms with Gasteiger partial charge in [0.1, 0.15) is 12.2 Å². The lowest BCUT2D eigenvalue weighted by atomic mass is 10.1. The summed E-state index contributed by atoms with van der Waals surface area (Å²) in [6.45, 7) is -1.14. The second-order valence-corrected chi connectivity index (χ2v) is 11.8. The van der Waals surface area contributed by atoms with E-state index < -0.39 is 58.7 Å². The van der Waals surface area contributed by atoms with E-state index in [1.807, 2.05) is 0 Å². The van der Waals surface area contributed by atoms with Crippen LogP contribution in [0.15, 0.2) is 50.2 Å². The van der Waals surface area contributed by atoms with Crippen LogP contribution in [0.3, 0.4) is 0 Å². The van der Waals surface area contributed by atoms with Crippen LogP contribution in [0.5, 0.6) is 0 Å². The van der Waals surface area contributed by atoms with E-state index in [1.165, 1.54) is 54.2 Å². The van der Waals surface area contributed by atoms with Crippen molar-refractivity contribution >= 4 is 56.0 Å². The van der Waals surface area contributed by atoms with E-state index in [-0.39, 0.29) is 54.1 Å². The summed E-state index contributed by atoms with van der Waals surface area (Å²) in [5.41, 5.74) is -3.30. The van der Waals surface area contributed by atoms with Crippen molar-refractivity contribution in [3.05, 3.63) is 83.9 Å². The molecule has 5 aromatic heterocycles. The van der Waals surface area contributed by atoms with Crippen LogP contribution in [-0.4, -0.2) is 85.2 Å². The minimum Gasteiger partial charge on any atom is -0.464 e. The minimum atomic E-state index is -1.77. The third kappa shape index (κ3) is 6.70. The number of hydrogen-bond acceptors (Lipinski definition) is 13. The van der Waals surface area contributed by atoms with Gasteiger partial charge in [-0.05, 0) is 18.6 Å². The Labute approximate surface area is 289 Å². The zero-order chi connectivity index (χ0) is 36.3. The van der Waals surface area contributed by atoms with Crippen LogP contribution < -0.4 is 22.5 Å². The maximum atomic E-state index is 13.9. The summed E-state index contributed by atoms with van der Waals surface area (Å²) in [5, 5.41) is 0.510. The van der Waals surface area contributed by atoms with E-state index in [1.54, 1.807) is 14.1 Å². The smallest absolute Gasteiger partial charge is 0.340 e. The lowest BCUT2D eigenvalue weighted by Gasteiger charge is -2.20. The predicted molar refractivity (Wildman–Crippen MR) is 178 cm³/mol. The standard InChI is InChI=1S/C30H32BrN9O10/c1-35-15-33-23-20(35)25(43)39(29(46)37(23)3)14-18(41)48-12-7-13-50-28(45)17-8-5-10-32-19(17)22(42)27(49-11-6-9-31)40-26(44)21-24(34-16-36(21)2)38(4)30(40)47/h5,8,10,15-16,27H,6-7,9,11-14H2,1-4H3. The maximum Gasteiger partial charge on any atom is 0.340 e. The van der Waals surface area contributed by atoms with Crippen molar-refractivity contribution in [3.8, 4) is 0 Å². The van der Waals surface area contributed by atoms with Crippen LogP contribution in [0.2, 0.25) is 0 Å². The van der Waals surface area contributed by atoms with Gasteiger partial charge in [-0.1, -0.05) is 15.9 Å². The minimum absolute atomic E-state index is 0.0207. The normalized spacial score (nSPS) is 12.0. The molecule has 5 heterocycles. The molecule has 0 aromatic carbocycles. The third-order valence-electron chi connectivity index (χ3n) is 7.70. The highest BCUT2D eigenvalue weighted by atomic mass is 79.9. The van der Waals surface area contributed by atoms with E-state index >= 15 is 0 Å². The Morgan fingerprint density at radius 2 is 1.42 bits per heavy atom. The molecule has 0 saturated carbocycles. The Bertz CT molecular complexity index is 2370. The van der Waals surface area contributed by atoms with Gasteiger partial charge in [-0.25, -0.2) is 33.5 Å². The lowest BCUT2D eigenvalue weighted by molar-refractivity contribution is -0.144.